The molecule has 1 nitrogen and oxygen atoms in total. The minimum absolute atomic E-state index is 0.113. The Balaban J connectivity index is 3.37. The second-order valence-corrected chi connectivity index (χ2v) is 3.12. The monoisotopic (exact) mass is 206 g/mol. The van der Waals surface area contributed by atoms with Crippen LogP contribution in [0.5, 0.6) is 0 Å². The molecule has 0 amide bonds. The maximum atomic E-state index is 12.8. The SMILES string of the molecule is CC(=O)c1cc(Cl)cc(F)c1Cl. The van der Waals surface area contributed by atoms with E-state index in [1.54, 1.807) is 0 Å². The van der Waals surface area contributed by atoms with E-state index < -0.39 is 5.82 Å². The molecular formula is C8H5Cl2FO. The number of ketones is 1. The van der Waals surface area contributed by atoms with Crippen molar-refractivity contribution in [1.82, 2.24) is 0 Å². The minimum atomic E-state index is -0.672. The van der Waals surface area contributed by atoms with Crippen LogP contribution in [0.3, 0.4) is 0 Å². The number of carbonyl (C=O) groups is 1. The van der Waals surface area contributed by atoms with E-state index in [2.05, 4.69) is 0 Å². The molecule has 0 aliphatic rings. The second kappa shape index (κ2) is 3.42. The lowest BCUT2D eigenvalue weighted by molar-refractivity contribution is 0.101. The zero-order chi connectivity index (χ0) is 9.30. The van der Waals surface area contributed by atoms with Gasteiger partial charge in [0.25, 0.3) is 0 Å². The Morgan fingerprint density at radius 3 is 2.50 bits per heavy atom. The van der Waals surface area contributed by atoms with Crippen LogP contribution < -0.4 is 0 Å². The Bertz CT molecular complexity index is 336. The van der Waals surface area contributed by atoms with Gasteiger partial charge in [0.05, 0.1) is 5.02 Å². The van der Waals surface area contributed by atoms with Crippen LogP contribution >= 0.6 is 23.2 Å². The van der Waals surface area contributed by atoms with Crippen molar-refractivity contribution in [3.63, 3.8) is 0 Å². The molecule has 0 atom stereocenters. The first-order chi connectivity index (χ1) is 5.52. The summed E-state index contributed by atoms with van der Waals surface area (Å²) in [6, 6.07) is 2.41. The van der Waals surface area contributed by atoms with Crippen molar-refractivity contribution in [2.75, 3.05) is 0 Å². The normalized spacial score (nSPS) is 10.0. The van der Waals surface area contributed by atoms with Crippen molar-refractivity contribution < 1.29 is 9.18 Å². The molecule has 64 valence electrons. The van der Waals surface area contributed by atoms with Gasteiger partial charge in [-0.1, -0.05) is 23.2 Å². The average molecular weight is 207 g/mol. The molecule has 12 heavy (non-hydrogen) atoms. The van der Waals surface area contributed by atoms with Gasteiger partial charge in [0.1, 0.15) is 5.82 Å². The molecule has 1 rings (SSSR count). The van der Waals surface area contributed by atoms with Crippen LogP contribution in [0.2, 0.25) is 10.0 Å². The summed E-state index contributed by atoms with van der Waals surface area (Å²) in [7, 11) is 0. The maximum absolute atomic E-state index is 12.8. The summed E-state index contributed by atoms with van der Waals surface area (Å²) in [6.45, 7) is 1.30. The third kappa shape index (κ3) is 1.76. The van der Waals surface area contributed by atoms with Crippen molar-refractivity contribution in [2.24, 2.45) is 0 Å². The van der Waals surface area contributed by atoms with E-state index in [0.29, 0.717) is 0 Å². The molecule has 0 bridgehead atoms. The van der Waals surface area contributed by atoms with Crippen LogP contribution in [0.1, 0.15) is 17.3 Å². The lowest BCUT2D eigenvalue weighted by Crippen LogP contribution is -1.95. The van der Waals surface area contributed by atoms with Crippen molar-refractivity contribution in [2.45, 2.75) is 6.92 Å². The summed E-state index contributed by atoms with van der Waals surface area (Å²) in [5.41, 5.74) is 0.113. The molecule has 0 saturated heterocycles. The first-order valence-electron chi connectivity index (χ1n) is 3.18. The Kier molecular flexibility index (Phi) is 2.70. The largest absolute Gasteiger partial charge is 0.294 e. The number of hydrogen-bond acceptors (Lipinski definition) is 1. The van der Waals surface area contributed by atoms with Crippen molar-refractivity contribution in [1.29, 1.82) is 0 Å². The molecular weight excluding hydrogens is 202 g/mol. The number of halogens is 3. The van der Waals surface area contributed by atoms with E-state index in [-0.39, 0.29) is 21.4 Å². The number of benzene rings is 1. The van der Waals surface area contributed by atoms with Crippen LogP contribution in [0.15, 0.2) is 12.1 Å². The lowest BCUT2D eigenvalue weighted by atomic mass is 10.1. The van der Waals surface area contributed by atoms with Crippen LogP contribution in [-0.4, -0.2) is 5.78 Å². The standard InChI is InChI=1S/C8H5Cl2FO/c1-4(12)6-2-5(9)3-7(11)8(6)10/h2-3H,1H3. The van der Waals surface area contributed by atoms with Gasteiger partial charge in [0, 0.05) is 10.6 Å². The number of rotatable bonds is 1. The van der Waals surface area contributed by atoms with E-state index in [1.807, 2.05) is 0 Å². The molecule has 0 unspecified atom stereocenters. The van der Waals surface area contributed by atoms with Gasteiger partial charge < -0.3 is 0 Å². The van der Waals surface area contributed by atoms with E-state index in [1.165, 1.54) is 13.0 Å². The molecule has 1 aromatic carbocycles. The van der Waals surface area contributed by atoms with E-state index in [4.69, 9.17) is 23.2 Å². The Morgan fingerprint density at radius 1 is 1.42 bits per heavy atom. The Labute approximate surface area is 79.1 Å². The predicted octanol–water partition coefficient (Wildman–Crippen LogP) is 3.34. The van der Waals surface area contributed by atoms with E-state index in [9.17, 15) is 9.18 Å². The molecule has 1 aromatic rings. The van der Waals surface area contributed by atoms with Crippen LogP contribution in [0.25, 0.3) is 0 Å². The lowest BCUT2D eigenvalue weighted by Gasteiger charge is -2.01. The van der Waals surface area contributed by atoms with E-state index in [0.717, 1.165) is 6.07 Å². The van der Waals surface area contributed by atoms with Gasteiger partial charge in [0.2, 0.25) is 0 Å². The topological polar surface area (TPSA) is 17.1 Å². The first-order valence-corrected chi connectivity index (χ1v) is 3.93. The number of hydrogen-bond donors (Lipinski definition) is 0. The molecule has 0 aliphatic heterocycles. The third-order valence-corrected chi connectivity index (χ3v) is 1.97. The van der Waals surface area contributed by atoms with Crippen molar-refractivity contribution in [3.8, 4) is 0 Å². The zero-order valence-electron chi connectivity index (χ0n) is 6.20. The van der Waals surface area contributed by atoms with Gasteiger partial charge in [-0.05, 0) is 19.1 Å². The highest BCUT2D eigenvalue weighted by atomic mass is 35.5. The smallest absolute Gasteiger partial charge is 0.161 e. The number of Topliss-reactive ketones (excluding diaryl/α,β-unsaturated/α-hetero) is 1. The summed E-state index contributed by atoms with van der Waals surface area (Å²) in [6.07, 6.45) is 0. The highest BCUT2D eigenvalue weighted by Gasteiger charge is 2.11. The molecule has 0 N–H and O–H groups in total. The second-order valence-electron chi connectivity index (χ2n) is 2.31. The predicted molar refractivity (Wildman–Crippen MR) is 46.4 cm³/mol. The zero-order valence-corrected chi connectivity index (χ0v) is 7.71. The van der Waals surface area contributed by atoms with Gasteiger partial charge >= 0.3 is 0 Å². The molecule has 4 heteroatoms. The van der Waals surface area contributed by atoms with Crippen LogP contribution in [0.4, 0.5) is 4.39 Å². The van der Waals surface area contributed by atoms with Crippen molar-refractivity contribution >= 4 is 29.0 Å². The molecule has 0 heterocycles. The highest BCUT2D eigenvalue weighted by molar-refractivity contribution is 6.35. The van der Waals surface area contributed by atoms with Gasteiger partial charge in [-0.15, -0.1) is 0 Å². The third-order valence-electron chi connectivity index (χ3n) is 1.37. The summed E-state index contributed by atoms with van der Waals surface area (Å²) >= 11 is 11.0. The summed E-state index contributed by atoms with van der Waals surface area (Å²) < 4.78 is 12.8. The first kappa shape index (κ1) is 9.49. The average Bonchev–Trinajstić information content (AvgIpc) is 1.96. The van der Waals surface area contributed by atoms with Gasteiger partial charge in [-0.25, -0.2) is 4.39 Å². The van der Waals surface area contributed by atoms with Gasteiger partial charge in [-0.3, -0.25) is 4.79 Å². The quantitative estimate of drug-likeness (QED) is 0.509. The molecule has 0 aliphatic carbocycles. The molecule has 0 radical (unpaired) electrons. The fraction of sp³-hybridized carbons (Fsp3) is 0.125. The molecule has 0 fully saturated rings. The molecule has 0 spiro atoms. The molecule has 0 saturated carbocycles. The van der Waals surface area contributed by atoms with Crippen LogP contribution in [-0.2, 0) is 0 Å². The summed E-state index contributed by atoms with van der Waals surface area (Å²) in [4.78, 5) is 10.9. The van der Waals surface area contributed by atoms with Crippen molar-refractivity contribution in [3.05, 3.63) is 33.6 Å². The van der Waals surface area contributed by atoms with E-state index >= 15 is 0 Å². The minimum Gasteiger partial charge on any atom is -0.294 e. The number of carbonyl (C=O) groups excluding carboxylic acids is 1. The fourth-order valence-corrected chi connectivity index (χ4v) is 1.26. The van der Waals surface area contributed by atoms with Gasteiger partial charge in [-0.2, -0.15) is 0 Å². The fourth-order valence-electron chi connectivity index (χ4n) is 0.812. The Hall–Kier alpha value is -0.600. The maximum Gasteiger partial charge on any atom is 0.161 e. The summed E-state index contributed by atoms with van der Waals surface area (Å²) in [5.74, 6) is -0.976. The highest BCUT2D eigenvalue weighted by Crippen LogP contribution is 2.24. The summed E-state index contributed by atoms with van der Waals surface area (Å²) in [5, 5.41) is -0.00556. The Morgan fingerprint density at radius 2 is 2.00 bits per heavy atom. The van der Waals surface area contributed by atoms with Crippen LogP contribution in [0, 0.1) is 5.82 Å². The molecule has 0 aromatic heterocycles. The van der Waals surface area contributed by atoms with Gasteiger partial charge in [0.15, 0.2) is 5.78 Å².